The van der Waals surface area contributed by atoms with Crippen molar-refractivity contribution in [2.24, 2.45) is 11.1 Å². The minimum absolute atomic E-state index is 0.337. The van der Waals surface area contributed by atoms with E-state index in [2.05, 4.69) is 5.32 Å². The molecule has 1 heterocycles. The molecule has 2 amide bonds. The number of rotatable bonds is 7. The summed E-state index contributed by atoms with van der Waals surface area (Å²) in [4.78, 5) is 41.3. The van der Waals surface area contributed by atoms with Gasteiger partial charge in [0.2, 0.25) is 5.91 Å². The maximum atomic E-state index is 13.1. The van der Waals surface area contributed by atoms with E-state index in [1.807, 2.05) is 24.3 Å². The Balaban J connectivity index is 1.40. The van der Waals surface area contributed by atoms with Gasteiger partial charge in [-0.2, -0.15) is 0 Å². The summed E-state index contributed by atoms with van der Waals surface area (Å²) in [5, 5.41) is 3.59. The second-order valence-corrected chi connectivity index (χ2v) is 9.27. The highest BCUT2D eigenvalue weighted by atomic mass is 32.1. The number of esters is 1. The molecule has 8 heteroatoms. The Labute approximate surface area is 190 Å². The molecule has 0 radical (unpaired) electrons. The normalized spacial score (nSPS) is 15.2. The minimum atomic E-state index is -0.643. The van der Waals surface area contributed by atoms with Gasteiger partial charge in [-0.05, 0) is 49.2 Å². The van der Waals surface area contributed by atoms with E-state index in [1.165, 1.54) is 12.1 Å². The van der Waals surface area contributed by atoms with Gasteiger partial charge in [-0.25, -0.2) is 4.98 Å². The first kappa shape index (κ1) is 22.0. The summed E-state index contributed by atoms with van der Waals surface area (Å²) in [6, 6.07) is 14.2. The molecule has 1 aliphatic carbocycles. The predicted octanol–water partition coefficient (Wildman–Crippen LogP) is 4.07. The molecule has 0 saturated heterocycles. The lowest BCUT2D eigenvalue weighted by molar-refractivity contribution is -0.160. The van der Waals surface area contributed by atoms with E-state index in [0.29, 0.717) is 17.7 Å². The summed E-state index contributed by atoms with van der Waals surface area (Å²) in [5.41, 5.74) is 6.36. The van der Waals surface area contributed by atoms with Crippen LogP contribution in [0.2, 0.25) is 0 Å². The average Bonchev–Trinajstić information content (AvgIpc) is 3.20. The fourth-order valence-electron chi connectivity index (χ4n) is 4.17. The number of primary amides is 1. The van der Waals surface area contributed by atoms with Crippen molar-refractivity contribution in [2.75, 3.05) is 11.9 Å². The van der Waals surface area contributed by atoms with Gasteiger partial charge < -0.3 is 15.8 Å². The van der Waals surface area contributed by atoms with Gasteiger partial charge in [-0.1, -0.05) is 31.4 Å². The number of para-hydroxylation sites is 1. The zero-order valence-electron chi connectivity index (χ0n) is 17.6. The average molecular weight is 452 g/mol. The Bertz CT molecular complexity index is 1100. The molecule has 0 aliphatic heterocycles. The number of nitrogens with zero attached hydrogens (tertiary/aromatic N) is 1. The summed E-state index contributed by atoms with van der Waals surface area (Å²) in [5.74, 6) is -1.31. The van der Waals surface area contributed by atoms with Crippen LogP contribution in [0.4, 0.5) is 5.69 Å². The third-order valence-electron chi connectivity index (χ3n) is 5.86. The number of thiazole rings is 1. The van der Waals surface area contributed by atoms with Gasteiger partial charge in [-0.3, -0.25) is 14.4 Å². The molecule has 166 valence electrons. The third-order valence-corrected chi connectivity index (χ3v) is 6.90. The molecule has 2 aromatic carbocycles. The standard InChI is InChI=1S/C24H25N3O4S/c25-22(29)16-8-10-17(11-9-16)26-20(28)15-31-23(30)24(12-4-1-5-13-24)14-21-27-18-6-2-3-7-19(18)32-21/h2-3,6-11H,1,4-5,12-15H2,(H2,25,29)(H,26,28). The Kier molecular flexibility index (Phi) is 6.50. The number of carbonyl (C=O) groups is 3. The highest BCUT2D eigenvalue weighted by molar-refractivity contribution is 7.18. The van der Waals surface area contributed by atoms with E-state index in [9.17, 15) is 14.4 Å². The van der Waals surface area contributed by atoms with E-state index in [4.69, 9.17) is 15.5 Å². The van der Waals surface area contributed by atoms with Gasteiger partial charge in [-0.15, -0.1) is 11.3 Å². The molecule has 0 unspecified atom stereocenters. The number of benzene rings is 2. The number of nitrogens with two attached hydrogens (primary N) is 1. The first-order valence-corrected chi connectivity index (χ1v) is 11.5. The summed E-state index contributed by atoms with van der Waals surface area (Å²) in [6.45, 7) is -0.363. The number of ether oxygens (including phenoxy) is 1. The minimum Gasteiger partial charge on any atom is -0.455 e. The molecular formula is C24H25N3O4S. The fourth-order valence-corrected chi connectivity index (χ4v) is 5.28. The second kappa shape index (κ2) is 9.48. The van der Waals surface area contributed by atoms with Gasteiger partial charge >= 0.3 is 5.97 Å². The van der Waals surface area contributed by atoms with E-state index in [0.717, 1.165) is 47.3 Å². The summed E-state index contributed by atoms with van der Waals surface area (Å²) in [7, 11) is 0. The highest BCUT2D eigenvalue weighted by Crippen LogP contribution is 2.41. The van der Waals surface area contributed by atoms with Crippen molar-refractivity contribution in [2.45, 2.75) is 38.5 Å². The number of carbonyl (C=O) groups excluding carboxylic acids is 3. The molecule has 0 bridgehead atoms. The molecular weight excluding hydrogens is 426 g/mol. The third kappa shape index (κ3) is 4.96. The maximum absolute atomic E-state index is 13.1. The van der Waals surface area contributed by atoms with Crippen LogP contribution < -0.4 is 11.1 Å². The van der Waals surface area contributed by atoms with E-state index in [-0.39, 0.29) is 12.6 Å². The molecule has 0 spiro atoms. The Morgan fingerprint density at radius 1 is 1.03 bits per heavy atom. The number of anilines is 1. The van der Waals surface area contributed by atoms with Crippen LogP contribution in [-0.2, 0) is 20.7 Å². The van der Waals surface area contributed by atoms with Crippen molar-refractivity contribution < 1.29 is 19.1 Å². The van der Waals surface area contributed by atoms with Crippen LogP contribution in [0.3, 0.4) is 0 Å². The first-order chi connectivity index (χ1) is 15.4. The number of nitrogens with one attached hydrogen (secondary N) is 1. The lowest BCUT2D eigenvalue weighted by Crippen LogP contribution is -2.38. The summed E-state index contributed by atoms with van der Waals surface area (Å²) < 4.78 is 6.58. The predicted molar refractivity (Wildman–Crippen MR) is 123 cm³/mol. The second-order valence-electron chi connectivity index (χ2n) is 8.16. The molecule has 1 fully saturated rings. The molecule has 7 nitrogen and oxygen atoms in total. The van der Waals surface area contributed by atoms with Crippen LogP contribution in [-0.4, -0.2) is 29.4 Å². The van der Waals surface area contributed by atoms with Crippen LogP contribution >= 0.6 is 11.3 Å². The monoisotopic (exact) mass is 451 g/mol. The van der Waals surface area contributed by atoms with Gasteiger partial charge in [0.25, 0.3) is 5.91 Å². The van der Waals surface area contributed by atoms with Crippen LogP contribution in [0.25, 0.3) is 10.2 Å². The van der Waals surface area contributed by atoms with Gasteiger partial charge in [0, 0.05) is 17.7 Å². The molecule has 1 aliphatic rings. The first-order valence-electron chi connectivity index (χ1n) is 10.7. The molecule has 3 aromatic rings. The van der Waals surface area contributed by atoms with Crippen molar-refractivity contribution in [1.29, 1.82) is 0 Å². The van der Waals surface area contributed by atoms with Gasteiger partial charge in [0.1, 0.15) is 0 Å². The van der Waals surface area contributed by atoms with E-state index in [1.54, 1.807) is 23.5 Å². The van der Waals surface area contributed by atoms with E-state index < -0.39 is 17.2 Å². The van der Waals surface area contributed by atoms with E-state index >= 15 is 0 Å². The number of hydrogen-bond acceptors (Lipinski definition) is 6. The van der Waals surface area contributed by atoms with Crippen molar-refractivity contribution in [3.8, 4) is 0 Å². The molecule has 3 N–H and O–H groups in total. The Morgan fingerprint density at radius 3 is 2.44 bits per heavy atom. The van der Waals surface area contributed by atoms with Crippen molar-refractivity contribution in [3.05, 3.63) is 59.1 Å². The van der Waals surface area contributed by atoms with Crippen molar-refractivity contribution in [1.82, 2.24) is 4.98 Å². The molecule has 1 saturated carbocycles. The lowest BCUT2D eigenvalue weighted by atomic mass is 9.72. The number of amides is 2. The largest absolute Gasteiger partial charge is 0.455 e. The van der Waals surface area contributed by atoms with Crippen LogP contribution in [0, 0.1) is 5.41 Å². The van der Waals surface area contributed by atoms with Crippen LogP contribution in [0.1, 0.15) is 47.5 Å². The molecule has 1 aromatic heterocycles. The zero-order valence-corrected chi connectivity index (χ0v) is 18.5. The number of aromatic nitrogens is 1. The number of hydrogen-bond donors (Lipinski definition) is 2. The van der Waals surface area contributed by atoms with Crippen LogP contribution in [0.5, 0.6) is 0 Å². The topological polar surface area (TPSA) is 111 Å². The number of fused-ring (bicyclic) bond motifs is 1. The summed E-state index contributed by atoms with van der Waals surface area (Å²) in [6.07, 6.45) is 5.00. The molecule has 4 rings (SSSR count). The SMILES string of the molecule is NC(=O)c1ccc(NC(=O)COC(=O)C2(Cc3nc4ccccc4s3)CCCCC2)cc1. The smallest absolute Gasteiger partial charge is 0.313 e. The Morgan fingerprint density at radius 2 is 1.75 bits per heavy atom. The quantitative estimate of drug-likeness (QED) is 0.526. The molecule has 0 atom stereocenters. The van der Waals surface area contributed by atoms with Gasteiger partial charge in [0.15, 0.2) is 6.61 Å². The summed E-state index contributed by atoms with van der Waals surface area (Å²) >= 11 is 1.61. The van der Waals surface area contributed by atoms with Gasteiger partial charge in [0.05, 0.1) is 20.6 Å². The fraction of sp³-hybridized carbons (Fsp3) is 0.333. The zero-order chi connectivity index (χ0) is 22.6. The van der Waals surface area contributed by atoms with Crippen molar-refractivity contribution in [3.63, 3.8) is 0 Å². The molecule has 32 heavy (non-hydrogen) atoms. The highest BCUT2D eigenvalue weighted by Gasteiger charge is 2.42. The Hall–Kier alpha value is -3.26. The maximum Gasteiger partial charge on any atom is 0.313 e. The van der Waals surface area contributed by atoms with Crippen molar-refractivity contribution >= 4 is 45.0 Å². The lowest BCUT2D eigenvalue weighted by Gasteiger charge is -2.34. The van der Waals surface area contributed by atoms with Crippen LogP contribution in [0.15, 0.2) is 48.5 Å².